The number of allylic oxidation sites excluding steroid dienone is 1. The highest BCUT2D eigenvalue weighted by Crippen LogP contribution is 2.16. The van der Waals surface area contributed by atoms with Crippen molar-refractivity contribution < 1.29 is 0 Å². The van der Waals surface area contributed by atoms with Gasteiger partial charge in [-0.3, -0.25) is 0 Å². The molecule has 42 valence electrons. The van der Waals surface area contributed by atoms with Crippen LogP contribution in [0.25, 0.3) is 0 Å². The molecule has 0 radical (unpaired) electrons. The maximum absolute atomic E-state index is 5.64. The molecule has 0 aromatic carbocycles. The van der Waals surface area contributed by atoms with Gasteiger partial charge in [-0.15, -0.1) is 11.6 Å². The Balaban J connectivity index is 3.79. The summed E-state index contributed by atoms with van der Waals surface area (Å²) in [5.74, 6) is 0. The van der Waals surface area contributed by atoms with Gasteiger partial charge in [0.25, 0.3) is 0 Å². The maximum atomic E-state index is 5.64. The highest BCUT2D eigenvalue weighted by molar-refractivity contribution is 6.25. The normalized spacial score (nSPS) is 11.3. The molecule has 0 saturated heterocycles. The molecule has 1 nitrogen and oxygen atoms in total. The van der Waals surface area contributed by atoms with Gasteiger partial charge in [0.1, 0.15) is 0 Å². The van der Waals surface area contributed by atoms with Gasteiger partial charge >= 0.3 is 0 Å². The second kappa shape index (κ2) is 1.74. The van der Waals surface area contributed by atoms with Gasteiger partial charge in [-0.05, 0) is 13.8 Å². The molecule has 0 heterocycles. The van der Waals surface area contributed by atoms with Gasteiger partial charge in [0.2, 0.25) is 0 Å². The quantitative estimate of drug-likeness (QED) is 0.520. The first-order valence-corrected chi connectivity index (χ1v) is 2.46. The van der Waals surface area contributed by atoms with Crippen LogP contribution in [0, 0.1) is 0 Å². The van der Waals surface area contributed by atoms with Crippen LogP contribution in [0.4, 0.5) is 0 Å². The highest BCUT2D eigenvalue weighted by atomic mass is 35.5. The second-order valence-corrected chi connectivity index (χ2v) is 2.94. The number of halogens is 1. The minimum absolute atomic E-state index is 0.444. The summed E-state index contributed by atoms with van der Waals surface area (Å²) in [7, 11) is 0. The molecule has 2 heteroatoms. The van der Waals surface area contributed by atoms with Crippen molar-refractivity contribution in [3.05, 3.63) is 12.3 Å². The van der Waals surface area contributed by atoms with Crippen LogP contribution in [0.3, 0.4) is 0 Å². The van der Waals surface area contributed by atoms with Gasteiger partial charge in [-0.25, -0.2) is 0 Å². The van der Waals surface area contributed by atoms with E-state index in [0.717, 1.165) is 0 Å². The molecular formula is C5H10ClN. The Morgan fingerprint density at radius 1 is 1.71 bits per heavy atom. The van der Waals surface area contributed by atoms with Crippen molar-refractivity contribution in [3.63, 3.8) is 0 Å². The van der Waals surface area contributed by atoms with E-state index in [0.29, 0.717) is 5.70 Å². The van der Waals surface area contributed by atoms with E-state index in [1.54, 1.807) is 13.8 Å². The molecule has 0 aliphatic heterocycles. The van der Waals surface area contributed by atoms with E-state index in [4.69, 9.17) is 17.3 Å². The second-order valence-electron chi connectivity index (χ2n) is 2.00. The smallest absolute Gasteiger partial charge is 0.0776 e. The number of alkyl halides is 1. The maximum Gasteiger partial charge on any atom is 0.0776 e. The van der Waals surface area contributed by atoms with Crippen LogP contribution in [-0.4, -0.2) is 4.87 Å². The Morgan fingerprint density at radius 2 is 1.86 bits per heavy atom. The predicted molar refractivity (Wildman–Crippen MR) is 33.3 cm³/mol. The number of hydrogen-bond acceptors (Lipinski definition) is 1. The molecule has 0 fully saturated rings. The van der Waals surface area contributed by atoms with Crippen LogP contribution in [0.2, 0.25) is 0 Å². The average molecular weight is 120 g/mol. The van der Waals surface area contributed by atoms with Crippen LogP contribution in [0.5, 0.6) is 0 Å². The minimum Gasteiger partial charge on any atom is -0.401 e. The topological polar surface area (TPSA) is 26.0 Å². The fourth-order valence-electron chi connectivity index (χ4n) is 0. The SMILES string of the molecule is C=C(N)C(C)(C)Cl. The Hall–Kier alpha value is -0.170. The summed E-state index contributed by atoms with van der Waals surface area (Å²) < 4.78 is 0. The summed E-state index contributed by atoms with van der Waals surface area (Å²) in [6, 6.07) is 0. The number of rotatable bonds is 1. The minimum atomic E-state index is -0.444. The Kier molecular flexibility index (Phi) is 1.70. The molecule has 0 rings (SSSR count). The largest absolute Gasteiger partial charge is 0.401 e. The molecule has 0 bridgehead atoms. The van der Waals surface area contributed by atoms with Gasteiger partial charge in [-0.2, -0.15) is 0 Å². The van der Waals surface area contributed by atoms with Crippen molar-refractivity contribution in [3.8, 4) is 0 Å². The molecule has 0 aliphatic rings. The monoisotopic (exact) mass is 119 g/mol. The van der Waals surface area contributed by atoms with Crippen molar-refractivity contribution >= 4 is 11.6 Å². The van der Waals surface area contributed by atoms with Gasteiger partial charge in [-0.1, -0.05) is 6.58 Å². The molecule has 0 aromatic heterocycles. The highest BCUT2D eigenvalue weighted by Gasteiger charge is 2.13. The summed E-state index contributed by atoms with van der Waals surface area (Å²) in [5, 5.41) is 0. The fraction of sp³-hybridized carbons (Fsp3) is 0.600. The zero-order valence-corrected chi connectivity index (χ0v) is 5.42. The van der Waals surface area contributed by atoms with Crippen LogP contribution in [0.1, 0.15) is 13.8 Å². The van der Waals surface area contributed by atoms with Gasteiger partial charge in [0.15, 0.2) is 0 Å². The molecule has 7 heavy (non-hydrogen) atoms. The van der Waals surface area contributed by atoms with Crippen molar-refractivity contribution in [2.75, 3.05) is 0 Å². The van der Waals surface area contributed by atoms with Crippen LogP contribution in [-0.2, 0) is 0 Å². The Morgan fingerprint density at radius 3 is 1.86 bits per heavy atom. The summed E-state index contributed by atoms with van der Waals surface area (Å²) in [4.78, 5) is -0.444. The third kappa shape index (κ3) is 2.52. The zero-order chi connectivity index (χ0) is 6.08. The van der Waals surface area contributed by atoms with Crippen molar-refractivity contribution in [1.82, 2.24) is 0 Å². The third-order valence-electron chi connectivity index (χ3n) is 0.764. The number of hydrogen-bond donors (Lipinski definition) is 1. The van der Waals surface area contributed by atoms with Gasteiger partial charge < -0.3 is 5.73 Å². The van der Waals surface area contributed by atoms with Crippen molar-refractivity contribution in [2.24, 2.45) is 5.73 Å². The summed E-state index contributed by atoms with van der Waals surface area (Å²) in [5.41, 5.74) is 5.75. The summed E-state index contributed by atoms with van der Waals surface area (Å²) >= 11 is 5.64. The van der Waals surface area contributed by atoms with Gasteiger partial charge in [0.05, 0.1) is 4.87 Å². The van der Waals surface area contributed by atoms with Crippen molar-refractivity contribution in [1.29, 1.82) is 0 Å². The van der Waals surface area contributed by atoms with E-state index in [-0.39, 0.29) is 0 Å². The number of nitrogens with two attached hydrogens (primary N) is 1. The lowest BCUT2D eigenvalue weighted by molar-refractivity contribution is 0.809. The van der Waals surface area contributed by atoms with Gasteiger partial charge in [0, 0.05) is 5.70 Å². The first-order valence-electron chi connectivity index (χ1n) is 2.08. The molecule has 2 N–H and O–H groups in total. The predicted octanol–water partition coefficient (Wildman–Crippen LogP) is 1.48. The first-order chi connectivity index (χ1) is 2.94. The first kappa shape index (κ1) is 6.83. The average Bonchev–Trinajstić information content (AvgIpc) is 1.31. The molecule has 0 unspecified atom stereocenters. The van der Waals surface area contributed by atoms with E-state index in [2.05, 4.69) is 6.58 Å². The third-order valence-corrected chi connectivity index (χ3v) is 1.01. The van der Waals surface area contributed by atoms with Crippen LogP contribution >= 0.6 is 11.6 Å². The molecule has 0 amide bonds. The van der Waals surface area contributed by atoms with E-state index in [1.807, 2.05) is 0 Å². The van der Waals surface area contributed by atoms with E-state index < -0.39 is 4.87 Å². The lowest BCUT2D eigenvalue weighted by Crippen LogP contribution is -2.19. The molecule has 0 atom stereocenters. The molecule has 0 aromatic rings. The molecule has 0 saturated carbocycles. The van der Waals surface area contributed by atoms with E-state index in [9.17, 15) is 0 Å². The Bertz CT molecular complexity index is 80.6. The molecule has 0 aliphatic carbocycles. The van der Waals surface area contributed by atoms with E-state index >= 15 is 0 Å². The Labute approximate surface area is 49.2 Å². The lowest BCUT2D eigenvalue weighted by atomic mass is 10.1. The lowest BCUT2D eigenvalue weighted by Gasteiger charge is -2.13. The van der Waals surface area contributed by atoms with Crippen LogP contribution in [0.15, 0.2) is 12.3 Å². The van der Waals surface area contributed by atoms with Crippen LogP contribution < -0.4 is 5.73 Å². The van der Waals surface area contributed by atoms with E-state index in [1.165, 1.54) is 0 Å². The molecular weight excluding hydrogens is 110 g/mol. The summed E-state index contributed by atoms with van der Waals surface area (Å²) in [6.45, 7) is 7.08. The fourth-order valence-corrected chi connectivity index (χ4v) is 0. The van der Waals surface area contributed by atoms with Crippen molar-refractivity contribution in [2.45, 2.75) is 18.7 Å². The zero-order valence-electron chi connectivity index (χ0n) is 4.66. The molecule has 0 spiro atoms. The standard InChI is InChI=1S/C5H10ClN/c1-4(7)5(2,3)6/h1,7H2,2-3H3. The summed E-state index contributed by atoms with van der Waals surface area (Å²) in [6.07, 6.45) is 0.